The minimum Gasteiger partial charge on any atom is -0.427 e. The molecule has 1 aromatic rings. The smallest absolute Gasteiger partial charge is 0.311 e. The van der Waals surface area contributed by atoms with E-state index < -0.39 is 0 Å². The van der Waals surface area contributed by atoms with Crippen LogP contribution in [-0.2, 0) is 4.79 Å². The molecule has 4 heteroatoms. The lowest BCUT2D eigenvalue weighted by atomic mass is 10.1. The molecule has 3 nitrogen and oxygen atoms in total. The second-order valence-corrected chi connectivity index (χ2v) is 3.73. The van der Waals surface area contributed by atoms with Gasteiger partial charge in [0, 0.05) is 17.9 Å². The van der Waals surface area contributed by atoms with E-state index in [9.17, 15) is 9.59 Å². The van der Waals surface area contributed by atoms with Crippen molar-refractivity contribution in [2.45, 2.75) is 19.8 Å². The highest BCUT2D eigenvalue weighted by molar-refractivity contribution is 6.17. The number of carbonyl (C=O) groups excluding carboxylic acids is 2. The maximum atomic E-state index is 11.3. The number of ketones is 1. The van der Waals surface area contributed by atoms with Crippen molar-refractivity contribution in [1.82, 2.24) is 0 Å². The molecule has 0 aliphatic carbocycles. The van der Waals surface area contributed by atoms with Crippen molar-refractivity contribution in [3.05, 3.63) is 29.8 Å². The Labute approximate surface area is 99.4 Å². The summed E-state index contributed by atoms with van der Waals surface area (Å²) in [7, 11) is 0. The van der Waals surface area contributed by atoms with E-state index in [0.29, 0.717) is 23.6 Å². The van der Waals surface area contributed by atoms with Crippen LogP contribution < -0.4 is 4.74 Å². The Morgan fingerprint density at radius 3 is 2.75 bits per heavy atom. The SMILES string of the molecule is CC(=O)c1cccc(OC(=O)CCCCl)c1. The first-order valence-corrected chi connectivity index (χ1v) is 5.54. The molecule has 0 aliphatic rings. The van der Waals surface area contributed by atoms with E-state index in [-0.39, 0.29) is 18.2 Å². The van der Waals surface area contributed by atoms with Gasteiger partial charge in [-0.3, -0.25) is 9.59 Å². The van der Waals surface area contributed by atoms with Crippen molar-refractivity contribution in [2.75, 3.05) is 5.88 Å². The van der Waals surface area contributed by atoms with Crippen LogP contribution in [0.15, 0.2) is 24.3 Å². The summed E-state index contributed by atoms with van der Waals surface area (Å²) in [6, 6.07) is 6.56. The first-order chi connectivity index (χ1) is 7.63. The first-order valence-electron chi connectivity index (χ1n) is 5.01. The van der Waals surface area contributed by atoms with Crippen molar-refractivity contribution in [1.29, 1.82) is 0 Å². The predicted molar refractivity (Wildman–Crippen MR) is 62.0 cm³/mol. The quantitative estimate of drug-likeness (QED) is 0.344. The van der Waals surface area contributed by atoms with Crippen LogP contribution in [0.2, 0.25) is 0 Å². The fourth-order valence-corrected chi connectivity index (χ4v) is 1.31. The number of hydrogen-bond donors (Lipinski definition) is 0. The minimum atomic E-state index is -0.332. The molecule has 0 aromatic heterocycles. The molecular weight excluding hydrogens is 228 g/mol. The standard InChI is InChI=1S/C12H13ClO3/c1-9(14)10-4-2-5-11(8-10)16-12(15)6-3-7-13/h2,4-5,8H,3,6-7H2,1H3. The zero-order valence-electron chi connectivity index (χ0n) is 9.03. The number of Topliss-reactive ketones (excluding diaryl/α,β-unsaturated/α-hetero) is 1. The third-order valence-electron chi connectivity index (χ3n) is 1.99. The van der Waals surface area contributed by atoms with Crippen molar-refractivity contribution < 1.29 is 14.3 Å². The summed E-state index contributed by atoms with van der Waals surface area (Å²) in [5, 5.41) is 0. The monoisotopic (exact) mass is 240 g/mol. The number of rotatable bonds is 5. The van der Waals surface area contributed by atoms with E-state index in [1.54, 1.807) is 24.3 Å². The zero-order chi connectivity index (χ0) is 12.0. The number of halogens is 1. The van der Waals surface area contributed by atoms with Crippen LogP contribution in [0, 0.1) is 0 Å². The molecule has 1 rings (SSSR count). The third-order valence-corrected chi connectivity index (χ3v) is 2.25. The molecule has 1 aromatic carbocycles. The number of benzene rings is 1. The van der Waals surface area contributed by atoms with Crippen LogP contribution in [0.25, 0.3) is 0 Å². The third kappa shape index (κ3) is 4.03. The average Bonchev–Trinajstić information content (AvgIpc) is 2.26. The Hall–Kier alpha value is -1.35. The van der Waals surface area contributed by atoms with E-state index in [1.807, 2.05) is 0 Å². The summed E-state index contributed by atoms with van der Waals surface area (Å²) in [4.78, 5) is 22.4. The molecule has 0 saturated carbocycles. The van der Waals surface area contributed by atoms with Gasteiger partial charge in [0.2, 0.25) is 0 Å². The van der Waals surface area contributed by atoms with Crippen molar-refractivity contribution in [3.63, 3.8) is 0 Å². The Balaban J connectivity index is 2.63. The molecule has 0 N–H and O–H groups in total. The molecule has 0 fully saturated rings. The zero-order valence-corrected chi connectivity index (χ0v) is 9.79. The van der Waals surface area contributed by atoms with E-state index in [2.05, 4.69) is 0 Å². The summed E-state index contributed by atoms with van der Waals surface area (Å²) < 4.78 is 5.06. The van der Waals surface area contributed by atoms with Crippen LogP contribution in [-0.4, -0.2) is 17.6 Å². The Morgan fingerprint density at radius 1 is 1.38 bits per heavy atom. The van der Waals surface area contributed by atoms with Crippen LogP contribution in [0.1, 0.15) is 30.1 Å². The van der Waals surface area contributed by atoms with Gasteiger partial charge in [0.05, 0.1) is 0 Å². The van der Waals surface area contributed by atoms with Crippen LogP contribution in [0.3, 0.4) is 0 Å². The summed E-state index contributed by atoms with van der Waals surface area (Å²) in [6.45, 7) is 1.47. The minimum absolute atomic E-state index is 0.0568. The molecule has 86 valence electrons. The first kappa shape index (κ1) is 12.7. The van der Waals surface area contributed by atoms with Crippen molar-refractivity contribution in [2.24, 2.45) is 0 Å². The van der Waals surface area contributed by atoms with Gasteiger partial charge in [-0.15, -0.1) is 11.6 Å². The number of ether oxygens (including phenoxy) is 1. The highest BCUT2D eigenvalue weighted by Crippen LogP contribution is 2.14. The average molecular weight is 241 g/mol. The van der Waals surface area contributed by atoms with Gasteiger partial charge in [0.25, 0.3) is 0 Å². The lowest BCUT2D eigenvalue weighted by molar-refractivity contribution is -0.134. The molecule has 0 unspecified atom stereocenters. The van der Waals surface area contributed by atoms with Crippen LogP contribution in [0.5, 0.6) is 5.75 Å². The fraction of sp³-hybridized carbons (Fsp3) is 0.333. The van der Waals surface area contributed by atoms with Crippen molar-refractivity contribution >= 4 is 23.4 Å². The number of alkyl halides is 1. The van der Waals surface area contributed by atoms with Gasteiger partial charge in [-0.05, 0) is 25.5 Å². The molecular formula is C12H13ClO3. The molecule has 0 bridgehead atoms. The Kier molecular flexibility index (Phi) is 4.99. The lowest BCUT2D eigenvalue weighted by Crippen LogP contribution is -2.08. The highest BCUT2D eigenvalue weighted by Gasteiger charge is 2.06. The van der Waals surface area contributed by atoms with Gasteiger partial charge in [0.15, 0.2) is 5.78 Å². The van der Waals surface area contributed by atoms with E-state index >= 15 is 0 Å². The van der Waals surface area contributed by atoms with E-state index in [0.717, 1.165) is 0 Å². The molecule has 0 atom stereocenters. The molecule has 16 heavy (non-hydrogen) atoms. The Morgan fingerprint density at radius 2 is 2.12 bits per heavy atom. The maximum Gasteiger partial charge on any atom is 0.311 e. The van der Waals surface area contributed by atoms with E-state index in [1.165, 1.54) is 6.92 Å². The van der Waals surface area contributed by atoms with Gasteiger partial charge >= 0.3 is 5.97 Å². The van der Waals surface area contributed by atoms with Gasteiger partial charge in [-0.25, -0.2) is 0 Å². The lowest BCUT2D eigenvalue weighted by Gasteiger charge is -2.04. The molecule has 0 aliphatic heterocycles. The topological polar surface area (TPSA) is 43.4 Å². The normalized spacial score (nSPS) is 9.88. The molecule has 0 heterocycles. The number of carbonyl (C=O) groups is 2. The summed E-state index contributed by atoms with van der Waals surface area (Å²) in [6.07, 6.45) is 0.876. The highest BCUT2D eigenvalue weighted by atomic mass is 35.5. The second kappa shape index (κ2) is 6.28. The van der Waals surface area contributed by atoms with Gasteiger partial charge in [0.1, 0.15) is 5.75 Å². The molecule has 0 radical (unpaired) electrons. The maximum absolute atomic E-state index is 11.3. The summed E-state index contributed by atoms with van der Waals surface area (Å²) >= 11 is 5.46. The van der Waals surface area contributed by atoms with Gasteiger partial charge in [-0.2, -0.15) is 0 Å². The second-order valence-electron chi connectivity index (χ2n) is 3.35. The summed E-state index contributed by atoms with van der Waals surface area (Å²) in [5.74, 6) is 0.440. The molecule has 0 saturated heterocycles. The van der Waals surface area contributed by atoms with E-state index in [4.69, 9.17) is 16.3 Å². The molecule has 0 spiro atoms. The van der Waals surface area contributed by atoms with Crippen LogP contribution in [0.4, 0.5) is 0 Å². The van der Waals surface area contributed by atoms with Gasteiger partial charge < -0.3 is 4.74 Å². The summed E-state index contributed by atoms with van der Waals surface area (Å²) in [5.41, 5.74) is 0.530. The predicted octanol–water partition coefficient (Wildman–Crippen LogP) is 2.81. The number of esters is 1. The van der Waals surface area contributed by atoms with Gasteiger partial charge in [-0.1, -0.05) is 12.1 Å². The van der Waals surface area contributed by atoms with Crippen molar-refractivity contribution in [3.8, 4) is 5.75 Å². The van der Waals surface area contributed by atoms with Crippen LogP contribution >= 0.6 is 11.6 Å². The Bertz CT molecular complexity index is 388. The largest absolute Gasteiger partial charge is 0.427 e. The molecule has 0 amide bonds. The number of hydrogen-bond acceptors (Lipinski definition) is 3. The fourth-order valence-electron chi connectivity index (χ4n) is 1.17.